The van der Waals surface area contributed by atoms with Gasteiger partial charge in [0.2, 0.25) is 0 Å². The summed E-state index contributed by atoms with van der Waals surface area (Å²) in [4.78, 5) is 0. The number of rotatable bonds is 6. The maximum absolute atomic E-state index is 8.49. The number of pyridine rings is 1. The molecule has 1 aliphatic carbocycles. The van der Waals surface area contributed by atoms with Crippen molar-refractivity contribution in [3.8, 4) is 0 Å². The van der Waals surface area contributed by atoms with Crippen molar-refractivity contribution in [1.82, 2.24) is 0 Å². The highest BCUT2D eigenvalue weighted by molar-refractivity contribution is 5.45. The zero-order valence-corrected chi connectivity index (χ0v) is 19.1. The van der Waals surface area contributed by atoms with Crippen LogP contribution in [0.5, 0.6) is 0 Å². The second kappa shape index (κ2) is 9.11. The van der Waals surface area contributed by atoms with Crippen LogP contribution in [0.4, 0.5) is 0 Å². The van der Waals surface area contributed by atoms with E-state index in [1.165, 1.54) is 16.8 Å². The van der Waals surface area contributed by atoms with E-state index in [0.717, 1.165) is 12.8 Å². The van der Waals surface area contributed by atoms with Gasteiger partial charge in [0.1, 0.15) is 5.92 Å². The molecule has 0 saturated heterocycles. The topological polar surface area (TPSA) is 115 Å². The molecule has 0 spiro atoms. The van der Waals surface area contributed by atoms with Gasteiger partial charge >= 0.3 is 0 Å². The molecule has 0 radical (unpaired) electrons. The monoisotopic (exact) mass is 451 g/mol. The molecule has 31 heavy (non-hydrogen) atoms. The Labute approximate surface area is 185 Å². The lowest BCUT2D eigenvalue weighted by Crippen LogP contribution is -2.71. The van der Waals surface area contributed by atoms with Gasteiger partial charge in [0.05, 0.1) is 5.41 Å². The fourth-order valence-electron chi connectivity index (χ4n) is 5.07. The van der Waals surface area contributed by atoms with Gasteiger partial charge in [-0.3, -0.25) is 0 Å². The number of hydrogen-bond donors (Lipinski definition) is 0. The fourth-order valence-corrected chi connectivity index (χ4v) is 5.07. The van der Waals surface area contributed by atoms with Gasteiger partial charge in [-0.25, -0.2) is 18.6 Å². The van der Waals surface area contributed by atoms with E-state index in [1.807, 2.05) is 0 Å². The summed E-state index contributed by atoms with van der Waals surface area (Å²) in [7, 11) is -4.94. The molecule has 8 heteroatoms. The van der Waals surface area contributed by atoms with Crippen LogP contribution in [0.25, 0.3) is 0 Å². The molecule has 170 valence electrons. The van der Waals surface area contributed by atoms with Crippen molar-refractivity contribution in [3.63, 3.8) is 0 Å². The Bertz CT molecular complexity index is 836. The number of ether oxygens (including phenoxy) is 2. The van der Waals surface area contributed by atoms with E-state index in [-0.39, 0.29) is 17.4 Å². The minimum absolute atomic E-state index is 0.0815. The molecule has 2 aromatic rings. The molecule has 1 aromatic carbocycles. The first-order valence-corrected chi connectivity index (χ1v) is 11.8. The van der Waals surface area contributed by atoms with Crippen LogP contribution in [0.1, 0.15) is 69.3 Å². The number of aromatic nitrogens is 1. The number of halogens is 1. The van der Waals surface area contributed by atoms with Gasteiger partial charge in [-0.15, -0.1) is 10.2 Å². The lowest BCUT2D eigenvalue weighted by Gasteiger charge is -2.57. The zero-order chi connectivity index (χ0) is 22.9. The summed E-state index contributed by atoms with van der Waals surface area (Å²) in [6, 6.07) is 15.5. The zero-order valence-electron chi connectivity index (χ0n) is 18.4. The van der Waals surface area contributed by atoms with E-state index in [4.69, 9.17) is 28.1 Å². The number of hydrogen-bond acceptors (Lipinski definition) is 6. The van der Waals surface area contributed by atoms with Crippen LogP contribution < -0.4 is 23.2 Å². The van der Waals surface area contributed by atoms with Crippen LogP contribution in [0, 0.1) is 15.7 Å². The first-order chi connectivity index (χ1) is 14.6. The summed E-state index contributed by atoms with van der Waals surface area (Å²) >= 11 is 0. The molecule has 2 aliphatic heterocycles. The average molecular weight is 452 g/mol. The second-order valence-corrected chi connectivity index (χ2v) is 9.22. The molecule has 2 bridgehead atoms. The predicted octanol–water partition coefficient (Wildman–Crippen LogP) is -0.158. The van der Waals surface area contributed by atoms with Crippen molar-refractivity contribution in [1.29, 1.82) is 0 Å². The van der Waals surface area contributed by atoms with Gasteiger partial charge in [0.15, 0.2) is 23.7 Å². The first kappa shape index (κ1) is 24.1. The highest BCUT2D eigenvalue weighted by Gasteiger charge is 2.70. The first-order valence-electron chi connectivity index (χ1n) is 10.6. The number of benzene rings is 1. The molecule has 0 unspecified atom stereocenters. The highest BCUT2D eigenvalue weighted by atomic mass is 35.7. The standard InChI is InChI=1S/C23H30NO2.ClHO4/c1-5-15-25-23(26-16-6-2)20-17-11-7-8-12-18(17)21(22(23,3)4)24-14-10-9-13-19(20)24;2-1(3,4)5/h7-14,20-21H,5-6,15-16H2,1-4H3;(H,2,3,4,5)/q+1;/p-1/t20-,21-;/m0./s1. The molecule has 3 heterocycles. The van der Waals surface area contributed by atoms with Crippen LogP contribution in [0.2, 0.25) is 0 Å². The van der Waals surface area contributed by atoms with Gasteiger partial charge in [-0.2, -0.15) is 4.57 Å². The predicted molar refractivity (Wildman–Crippen MR) is 102 cm³/mol. The molecule has 0 saturated carbocycles. The molecule has 0 amide bonds. The summed E-state index contributed by atoms with van der Waals surface area (Å²) < 4.78 is 49.7. The average Bonchev–Trinajstić information content (AvgIpc) is 2.70. The van der Waals surface area contributed by atoms with Crippen molar-refractivity contribution in [3.05, 3.63) is 65.5 Å². The molecule has 3 aliphatic rings. The van der Waals surface area contributed by atoms with Crippen molar-refractivity contribution >= 4 is 0 Å². The molecule has 7 nitrogen and oxygen atoms in total. The smallest absolute Gasteiger partial charge is 0.196 e. The largest absolute Gasteiger partial charge is 0.348 e. The Kier molecular flexibility index (Phi) is 7.08. The van der Waals surface area contributed by atoms with Crippen molar-refractivity contribution in [2.75, 3.05) is 13.2 Å². The van der Waals surface area contributed by atoms with Crippen molar-refractivity contribution in [2.24, 2.45) is 5.41 Å². The molecule has 0 fully saturated rings. The Morgan fingerprint density at radius 3 is 1.94 bits per heavy atom. The fraction of sp³-hybridized carbons (Fsp3) is 0.522. The van der Waals surface area contributed by atoms with E-state index < -0.39 is 16.0 Å². The van der Waals surface area contributed by atoms with Crippen LogP contribution in [-0.4, -0.2) is 19.0 Å². The summed E-state index contributed by atoms with van der Waals surface area (Å²) in [5, 5.41) is 0. The molecule has 0 N–H and O–H groups in total. The van der Waals surface area contributed by atoms with E-state index in [2.05, 4.69) is 80.9 Å². The van der Waals surface area contributed by atoms with E-state index in [0.29, 0.717) is 13.2 Å². The van der Waals surface area contributed by atoms with E-state index in [1.54, 1.807) is 0 Å². The summed E-state index contributed by atoms with van der Waals surface area (Å²) in [6.45, 7) is 10.4. The Morgan fingerprint density at radius 1 is 0.871 bits per heavy atom. The molecule has 2 atom stereocenters. The van der Waals surface area contributed by atoms with Gasteiger partial charge in [-0.05, 0) is 32.3 Å². The van der Waals surface area contributed by atoms with Crippen LogP contribution in [0.15, 0.2) is 48.7 Å². The third-order valence-electron chi connectivity index (χ3n) is 6.10. The quantitative estimate of drug-likeness (QED) is 0.445. The maximum atomic E-state index is 8.49. The van der Waals surface area contributed by atoms with Crippen LogP contribution in [0.3, 0.4) is 0 Å². The minimum atomic E-state index is -4.94. The highest BCUT2D eigenvalue weighted by Crippen LogP contribution is 2.61. The van der Waals surface area contributed by atoms with Crippen LogP contribution in [-0.2, 0) is 9.47 Å². The maximum Gasteiger partial charge on any atom is 0.196 e. The molecular weight excluding hydrogens is 422 g/mol. The minimum Gasteiger partial charge on any atom is -0.348 e. The van der Waals surface area contributed by atoms with Gasteiger partial charge in [0, 0.05) is 30.9 Å². The lowest BCUT2D eigenvalue weighted by molar-refractivity contribution is -2.00. The summed E-state index contributed by atoms with van der Waals surface area (Å²) in [6.07, 6.45) is 4.19. The van der Waals surface area contributed by atoms with E-state index >= 15 is 0 Å². The van der Waals surface area contributed by atoms with Gasteiger partial charge in [-0.1, -0.05) is 44.2 Å². The Hall–Kier alpha value is -1.58. The molecule has 5 rings (SSSR count). The van der Waals surface area contributed by atoms with Crippen LogP contribution >= 0.6 is 0 Å². The summed E-state index contributed by atoms with van der Waals surface area (Å²) in [5.41, 5.74) is 3.87. The normalized spacial score (nSPS) is 22.2. The Balaban J connectivity index is 0.000000491. The molecule has 1 aromatic heterocycles. The van der Waals surface area contributed by atoms with Gasteiger partial charge in [0.25, 0.3) is 0 Å². The lowest BCUT2D eigenvalue weighted by atomic mass is 9.57. The van der Waals surface area contributed by atoms with Crippen molar-refractivity contribution in [2.45, 2.75) is 58.3 Å². The third kappa shape index (κ3) is 4.36. The summed E-state index contributed by atoms with van der Waals surface area (Å²) in [5.74, 6) is -0.558. The second-order valence-electron chi connectivity index (χ2n) is 8.46. The third-order valence-corrected chi connectivity index (χ3v) is 6.10. The van der Waals surface area contributed by atoms with E-state index in [9.17, 15) is 0 Å². The van der Waals surface area contributed by atoms with Crippen molar-refractivity contribution < 1.29 is 42.9 Å². The molecular formula is C23H30ClNO6. The number of nitrogens with zero attached hydrogens (tertiary/aromatic N) is 1. The Morgan fingerprint density at radius 2 is 1.39 bits per heavy atom. The number of fused-ring (bicyclic) bond motifs is 1. The SMILES string of the molecule is CCCOC1(OCCC)[C@H]2c3ccccc3[C@H]([n+]3ccccc32)C1(C)C.[O-][Cl+3]([O-])([O-])[O-]. The van der Waals surface area contributed by atoms with Gasteiger partial charge < -0.3 is 9.47 Å².